The first-order chi connectivity index (χ1) is 16.8. The number of carbonyl (C=O) groups is 1. The highest BCUT2D eigenvalue weighted by atomic mass is 16.3. The molecule has 0 saturated carbocycles. The van der Waals surface area contributed by atoms with E-state index in [1.165, 1.54) is 23.8 Å². The summed E-state index contributed by atoms with van der Waals surface area (Å²) in [5.74, 6) is 0.766. The first-order valence-electron chi connectivity index (χ1n) is 13.5. The Labute approximate surface area is 210 Å². The van der Waals surface area contributed by atoms with E-state index in [-0.39, 0.29) is 17.2 Å². The number of nitrogens with zero attached hydrogens (tertiary/aromatic N) is 4. The Morgan fingerprint density at radius 1 is 1.00 bits per heavy atom. The van der Waals surface area contributed by atoms with Crippen molar-refractivity contribution < 1.29 is 9.90 Å². The molecule has 1 amide bonds. The lowest BCUT2D eigenvalue weighted by Gasteiger charge is -2.24. The molecule has 2 rings (SSSR count). The first-order valence-corrected chi connectivity index (χ1v) is 13.5. The van der Waals surface area contributed by atoms with Crippen molar-refractivity contribution in [3.8, 4) is 0 Å². The molecule has 1 aliphatic rings. The molecule has 0 saturated heterocycles. The maximum Gasteiger partial charge on any atom is 0.329 e. The summed E-state index contributed by atoms with van der Waals surface area (Å²) < 4.78 is 1.52. The van der Waals surface area contributed by atoms with Crippen LogP contribution in [0.15, 0.2) is 9.59 Å². The second-order valence-electron chi connectivity index (χ2n) is 10.0. The molecule has 1 unspecified atom stereocenters. The number of fused-ring (bicyclic) bond motifs is 1. The predicted octanol–water partition coefficient (Wildman–Crippen LogP) is 3.20. The van der Waals surface area contributed by atoms with Crippen LogP contribution in [0.4, 0.5) is 11.5 Å². The van der Waals surface area contributed by atoms with E-state index in [9.17, 15) is 19.5 Å². The number of aliphatic hydroxyl groups is 1. The zero-order valence-corrected chi connectivity index (χ0v) is 22.4. The summed E-state index contributed by atoms with van der Waals surface area (Å²) in [6, 6.07) is 0. The summed E-state index contributed by atoms with van der Waals surface area (Å²) in [7, 11) is 3.58. The smallest absolute Gasteiger partial charge is 0.329 e. The molecule has 0 aliphatic carbocycles. The number of hydrogen-bond donors (Lipinski definition) is 2. The van der Waals surface area contributed by atoms with Crippen molar-refractivity contribution in [2.75, 3.05) is 43.2 Å². The van der Waals surface area contributed by atoms with Gasteiger partial charge in [-0.15, -0.1) is 0 Å². The van der Waals surface area contributed by atoms with Gasteiger partial charge in [0.05, 0.1) is 12.8 Å². The summed E-state index contributed by atoms with van der Waals surface area (Å²) in [5, 5.41) is 10.3. The molecule has 9 nitrogen and oxygen atoms in total. The van der Waals surface area contributed by atoms with E-state index < -0.39 is 6.10 Å². The highest BCUT2D eigenvalue weighted by molar-refractivity contribution is 5.73. The third-order valence-corrected chi connectivity index (χ3v) is 6.96. The summed E-state index contributed by atoms with van der Waals surface area (Å²) >= 11 is 0. The van der Waals surface area contributed by atoms with Crippen LogP contribution in [0, 0.1) is 0 Å². The number of carbonyl (C=O) groups excluding carboxylic acids is 1. The van der Waals surface area contributed by atoms with Crippen molar-refractivity contribution in [1.82, 2.24) is 14.5 Å². The molecule has 2 heterocycles. The zero-order chi connectivity index (χ0) is 25.8. The fourth-order valence-electron chi connectivity index (χ4n) is 4.89. The Morgan fingerprint density at radius 3 is 2.29 bits per heavy atom. The topological polar surface area (TPSA) is 102 Å². The van der Waals surface area contributed by atoms with Crippen molar-refractivity contribution in [3.63, 3.8) is 0 Å². The van der Waals surface area contributed by atoms with Crippen LogP contribution in [0.5, 0.6) is 0 Å². The number of nitrogens with one attached hydrogen (secondary N) is 1. The molecule has 35 heavy (non-hydrogen) atoms. The number of anilines is 2. The van der Waals surface area contributed by atoms with Crippen LogP contribution < -0.4 is 21.0 Å². The molecule has 9 heteroatoms. The fraction of sp³-hybridized carbons (Fsp3) is 0.808. The van der Waals surface area contributed by atoms with Crippen LogP contribution in [0.1, 0.15) is 90.9 Å². The van der Waals surface area contributed by atoms with Gasteiger partial charge in [-0.3, -0.25) is 19.1 Å². The molecule has 0 spiro atoms. The number of hydrogen-bond acceptors (Lipinski definition) is 6. The highest BCUT2D eigenvalue weighted by Gasteiger charge is 2.29. The molecule has 0 bridgehead atoms. The summed E-state index contributed by atoms with van der Waals surface area (Å²) in [5.41, 5.74) is -0.128. The van der Waals surface area contributed by atoms with Crippen molar-refractivity contribution >= 4 is 17.4 Å². The second-order valence-corrected chi connectivity index (χ2v) is 10.0. The summed E-state index contributed by atoms with van der Waals surface area (Å²) in [6.45, 7) is 6.41. The lowest BCUT2D eigenvalue weighted by Crippen LogP contribution is -2.36. The third kappa shape index (κ3) is 9.02. The van der Waals surface area contributed by atoms with Crippen LogP contribution in [-0.4, -0.2) is 64.9 Å². The van der Waals surface area contributed by atoms with Gasteiger partial charge < -0.3 is 19.8 Å². The van der Waals surface area contributed by atoms with Gasteiger partial charge in [-0.2, -0.15) is 0 Å². The number of unbranched alkanes of at least 4 members (excludes halogenated alkanes) is 9. The number of aromatic nitrogens is 2. The Kier molecular flexibility index (Phi) is 12.4. The van der Waals surface area contributed by atoms with Gasteiger partial charge in [-0.05, 0) is 19.3 Å². The minimum atomic E-state index is -0.435. The van der Waals surface area contributed by atoms with E-state index in [0.717, 1.165) is 70.9 Å². The minimum Gasteiger partial charge on any atom is -0.391 e. The van der Waals surface area contributed by atoms with Gasteiger partial charge in [-0.25, -0.2) is 4.79 Å². The monoisotopic (exact) mass is 493 g/mol. The molecule has 1 aromatic rings. The molecule has 1 aromatic heterocycles. The van der Waals surface area contributed by atoms with E-state index in [0.29, 0.717) is 24.7 Å². The van der Waals surface area contributed by atoms with Gasteiger partial charge >= 0.3 is 5.69 Å². The summed E-state index contributed by atoms with van der Waals surface area (Å²) in [4.78, 5) is 44.1. The van der Waals surface area contributed by atoms with Gasteiger partial charge in [0.25, 0.3) is 5.56 Å². The SMILES string of the molecule is CCCCCCN(CC(O)CCCCCCCCCN1CN(C)c2c1n(C)c(=O)[nH]c2=O)C(C)=O. The maximum absolute atomic E-state index is 12.2. The van der Waals surface area contributed by atoms with Gasteiger partial charge in [0.15, 0.2) is 0 Å². The highest BCUT2D eigenvalue weighted by Crippen LogP contribution is 2.29. The fourth-order valence-corrected chi connectivity index (χ4v) is 4.89. The molecule has 2 N–H and O–H groups in total. The van der Waals surface area contributed by atoms with E-state index in [2.05, 4.69) is 16.8 Å². The van der Waals surface area contributed by atoms with Crippen molar-refractivity contribution in [3.05, 3.63) is 20.8 Å². The van der Waals surface area contributed by atoms with Crippen molar-refractivity contribution in [2.45, 2.75) is 97.0 Å². The third-order valence-electron chi connectivity index (χ3n) is 6.96. The normalized spacial score (nSPS) is 13.9. The molecule has 0 aromatic carbocycles. The number of aliphatic hydroxyl groups excluding tert-OH is 1. The number of rotatable bonds is 17. The van der Waals surface area contributed by atoms with Crippen LogP contribution in [0.25, 0.3) is 0 Å². The van der Waals surface area contributed by atoms with Gasteiger partial charge in [0.1, 0.15) is 11.5 Å². The second kappa shape index (κ2) is 15.0. The predicted molar refractivity (Wildman–Crippen MR) is 142 cm³/mol. The molecule has 0 fully saturated rings. The molecular weight excluding hydrogens is 446 g/mol. The van der Waals surface area contributed by atoms with Gasteiger partial charge in [0, 0.05) is 40.7 Å². The molecule has 0 radical (unpaired) electrons. The molecule has 1 aliphatic heterocycles. The van der Waals surface area contributed by atoms with E-state index in [1.54, 1.807) is 18.9 Å². The molecule has 1 atom stereocenters. The van der Waals surface area contributed by atoms with Gasteiger partial charge in [0.2, 0.25) is 5.91 Å². The summed E-state index contributed by atoms with van der Waals surface area (Å²) in [6.07, 6.45) is 12.5. The van der Waals surface area contributed by atoms with Crippen LogP contribution in [0.3, 0.4) is 0 Å². The molecule has 200 valence electrons. The maximum atomic E-state index is 12.2. The van der Waals surface area contributed by atoms with E-state index in [1.807, 2.05) is 11.9 Å². The van der Waals surface area contributed by atoms with E-state index >= 15 is 0 Å². The van der Waals surface area contributed by atoms with Crippen LogP contribution >= 0.6 is 0 Å². The first kappa shape index (κ1) is 28.9. The van der Waals surface area contributed by atoms with Crippen LogP contribution in [0.2, 0.25) is 0 Å². The Hall–Kier alpha value is -2.29. The van der Waals surface area contributed by atoms with Crippen molar-refractivity contribution in [2.24, 2.45) is 7.05 Å². The number of H-pyrrole nitrogens is 1. The lowest BCUT2D eigenvalue weighted by atomic mass is 10.1. The van der Waals surface area contributed by atoms with Crippen LogP contribution in [-0.2, 0) is 11.8 Å². The standard InChI is InChI=1S/C26H47N5O4/c1-5-6-7-14-17-30(21(2)32)19-22(33)16-13-11-9-8-10-12-15-18-31-20-28(3)23-24(34)27-26(35)29(4)25(23)31/h22,33H,5-20H2,1-4H3,(H,27,34,35). The van der Waals surface area contributed by atoms with Gasteiger partial charge in [-0.1, -0.05) is 64.7 Å². The van der Waals surface area contributed by atoms with Crippen molar-refractivity contribution in [1.29, 1.82) is 0 Å². The number of amides is 1. The minimum absolute atomic E-state index is 0.0543. The lowest BCUT2D eigenvalue weighted by molar-refractivity contribution is -0.130. The quantitative estimate of drug-likeness (QED) is 0.323. The average molecular weight is 494 g/mol. The largest absolute Gasteiger partial charge is 0.391 e. The Balaban J connectivity index is 1.56. The number of aromatic amines is 1. The average Bonchev–Trinajstić information content (AvgIpc) is 3.14. The molecular formula is C26H47N5O4. The zero-order valence-electron chi connectivity index (χ0n) is 22.4. The Bertz CT molecular complexity index is 897. The Morgan fingerprint density at radius 2 is 1.63 bits per heavy atom. The van der Waals surface area contributed by atoms with E-state index in [4.69, 9.17) is 0 Å².